The number of benzene rings is 2. The van der Waals surface area contributed by atoms with Crippen molar-refractivity contribution < 1.29 is 9.47 Å². The zero-order chi connectivity index (χ0) is 14.3. The van der Waals surface area contributed by atoms with Crippen molar-refractivity contribution in [2.24, 2.45) is 0 Å². The second kappa shape index (κ2) is 4.86. The molecule has 0 saturated heterocycles. The Hall–Kier alpha value is -1.96. The molecule has 0 unspecified atom stereocenters. The van der Waals surface area contributed by atoms with Crippen LogP contribution in [0.15, 0.2) is 36.4 Å². The zero-order valence-corrected chi connectivity index (χ0v) is 12.4. The van der Waals surface area contributed by atoms with Gasteiger partial charge in [-0.25, -0.2) is 0 Å². The standard InChI is InChI=1S/C18H20O2/c1-11(2)13-7-5-9-15-17(13)20-18-14(12(3)4)8-6-10-16(18)19-15/h5-12H,1-4H3. The Balaban J connectivity index is 2.13. The Morgan fingerprint density at radius 2 is 1.10 bits per heavy atom. The number of rotatable bonds is 2. The summed E-state index contributed by atoms with van der Waals surface area (Å²) in [7, 11) is 0. The van der Waals surface area contributed by atoms with Gasteiger partial charge in [0.2, 0.25) is 0 Å². The molecule has 0 bridgehead atoms. The van der Waals surface area contributed by atoms with E-state index in [9.17, 15) is 0 Å². The van der Waals surface area contributed by atoms with Crippen LogP contribution in [0.1, 0.15) is 50.7 Å². The Morgan fingerprint density at radius 3 is 1.50 bits per heavy atom. The Kier molecular flexibility index (Phi) is 3.17. The number of hydrogen-bond donors (Lipinski definition) is 0. The maximum Gasteiger partial charge on any atom is 0.173 e. The van der Waals surface area contributed by atoms with Crippen LogP contribution in [-0.2, 0) is 0 Å². The van der Waals surface area contributed by atoms with Gasteiger partial charge < -0.3 is 9.47 Å². The highest BCUT2D eigenvalue weighted by Crippen LogP contribution is 2.50. The fourth-order valence-corrected chi connectivity index (χ4v) is 2.57. The molecule has 0 radical (unpaired) electrons. The van der Waals surface area contributed by atoms with E-state index >= 15 is 0 Å². The summed E-state index contributed by atoms with van der Waals surface area (Å²) in [4.78, 5) is 0. The molecule has 0 atom stereocenters. The van der Waals surface area contributed by atoms with Crippen molar-refractivity contribution in [2.75, 3.05) is 0 Å². The maximum atomic E-state index is 6.24. The first kappa shape index (κ1) is 13.0. The van der Waals surface area contributed by atoms with Gasteiger partial charge in [-0.05, 0) is 24.0 Å². The summed E-state index contributed by atoms with van der Waals surface area (Å²) >= 11 is 0. The van der Waals surface area contributed by atoms with E-state index in [1.165, 1.54) is 11.1 Å². The molecule has 104 valence electrons. The minimum atomic E-state index is 0.404. The van der Waals surface area contributed by atoms with Gasteiger partial charge in [0.15, 0.2) is 23.0 Å². The molecule has 0 spiro atoms. The molecule has 2 aromatic carbocycles. The minimum Gasteiger partial charge on any atom is -0.449 e. The van der Waals surface area contributed by atoms with E-state index < -0.39 is 0 Å². The number of fused-ring (bicyclic) bond motifs is 2. The molecule has 0 amide bonds. The van der Waals surface area contributed by atoms with E-state index in [-0.39, 0.29) is 0 Å². The van der Waals surface area contributed by atoms with Crippen molar-refractivity contribution >= 4 is 0 Å². The summed E-state index contributed by atoms with van der Waals surface area (Å²) in [6, 6.07) is 12.2. The molecule has 1 heterocycles. The Morgan fingerprint density at radius 1 is 0.650 bits per heavy atom. The molecular formula is C18H20O2. The van der Waals surface area contributed by atoms with Crippen LogP contribution in [0.2, 0.25) is 0 Å². The van der Waals surface area contributed by atoms with Crippen LogP contribution in [-0.4, -0.2) is 0 Å². The fraction of sp³-hybridized carbons (Fsp3) is 0.333. The molecule has 3 rings (SSSR count). The molecule has 0 fully saturated rings. The SMILES string of the molecule is CC(C)c1cccc2c1Oc1c(cccc1C(C)C)O2. The molecule has 1 aliphatic heterocycles. The van der Waals surface area contributed by atoms with E-state index in [1.807, 2.05) is 24.3 Å². The molecule has 2 aromatic rings. The quantitative estimate of drug-likeness (QED) is 0.582. The molecule has 20 heavy (non-hydrogen) atoms. The predicted molar refractivity (Wildman–Crippen MR) is 81.2 cm³/mol. The van der Waals surface area contributed by atoms with Gasteiger partial charge in [-0.2, -0.15) is 0 Å². The lowest BCUT2D eigenvalue weighted by Crippen LogP contribution is -2.05. The van der Waals surface area contributed by atoms with Gasteiger partial charge in [0, 0.05) is 11.1 Å². The molecule has 2 heteroatoms. The van der Waals surface area contributed by atoms with Crippen molar-refractivity contribution in [2.45, 2.75) is 39.5 Å². The first-order valence-corrected chi connectivity index (χ1v) is 7.19. The first-order valence-electron chi connectivity index (χ1n) is 7.19. The van der Waals surface area contributed by atoms with Crippen LogP contribution in [0.25, 0.3) is 0 Å². The van der Waals surface area contributed by atoms with Crippen LogP contribution in [0.5, 0.6) is 23.0 Å². The molecule has 0 aliphatic carbocycles. The molecule has 0 aromatic heterocycles. The van der Waals surface area contributed by atoms with Crippen molar-refractivity contribution in [1.29, 1.82) is 0 Å². The zero-order valence-electron chi connectivity index (χ0n) is 12.4. The van der Waals surface area contributed by atoms with Gasteiger partial charge in [0.25, 0.3) is 0 Å². The third kappa shape index (κ3) is 2.05. The van der Waals surface area contributed by atoms with E-state index in [0.717, 1.165) is 23.0 Å². The highest BCUT2D eigenvalue weighted by molar-refractivity contribution is 5.60. The number of para-hydroxylation sites is 2. The Bertz CT molecular complexity index is 586. The summed E-state index contributed by atoms with van der Waals surface area (Å²) in [5.74, 6) is 4.16. The van der Waals surface area contributed by atoms with Crippen molar-refractivity contribution in [3.05, 3.63) is 47.5 Å². The number of hydrogen-bond acceptors (Lipinski definition) is 2. The third-order valence-corrected chi connectivity index (χ3v) is 3.69. The Labute approximate surface area is 120 Å². The summed E-state index contributed by atoms with van der Waals surface area (Å²) < 4.78 is 12.3. The van der Waals surface area contributed by atoms with Crippen LogP contribution in [0.3, 0.4) is 0 Å². The topological polar surface area (TPSA) is 18.5 Å². The molecule has 0 saturated carbocycles. The summed E-state index contributed by atoms with van der Waals surface area (Å²) in [6.45, 7) is 8.68. The van der Waals surface area contributed by atoms with Crippen molar-refractivity contribution in [1.82, 2.24) is 0 Å². The van der Waals surface area contributed by atoms with Gasteiger partial charge in [0.05, 0.1) is 0 Å². The van der Waals surface area contributed by atoms with Crippen LogP contribution >= 0.6 is 0 Å². The summed E-state index contributed by atoms with van der Waals surface area (Å²) in [5, 5.41) is 0. The van der Waals surface area contributed by atoms with Crippen LogP contribution < -0.4 is 9.47 Å². The van der Waals surface area contributed by atoms with Gasteiger partial charge in [-0.1, -0.05) is 52.0 Å². The van der Waals surface area contributed by atoms with Crippen LogP contribution in [0, 0.1) is 0 Å². The third-order valence-electron chi connectivity index (χ3n) is 3.69. The largest absolute Gasteiger partial charge is 0.449 e. The molecular weight excluding hydrogens is 248 g/mol. The lowest BCUT2D eigenvalue weighted by atomic mass is 9.99. The summed E-state index contributed by atoms with van der Waals surface area (Å²) in [5.41, 5.74) is 2.37. The molecule has 0 N–H and O–H groups in total. The monoisotopic (exact) mass is 268 g/mol. The highest BCUT2D eigenvalue weighted by atomic mass is 16.6. The van der Waals surface area contributed by atoms with E-state index in [0.29, 0.717) is 11.8 Å². The van der Waals surface area contributed by atoms with E-state index in [2.05, 4.69) is 39.8 Å². The van der Waals surface area contributed by atoms with Crippen molar-refractivity contribution in [3.63, 3.8) is 0 Å². The molecule has 2 nitrogen and oxygen atoms in total. The lowest BCUT2D eigenvalue weighted by molar-refractivity contribution is 0.350. The second-order valence-corrected chi connectivity index (χ2v) is 5.86. The van der Waals surface area contributed by atoms with Gasteiger partial charge >= 0.3 is 0 Å². The predicted octanol–water partition coefficient (Wildman–Crippen LogP) is 5.83. The van der Waals surface area contributed by atoms with Gasteiger partial charge in [-0.15, -0.1) is 0 Å². The second-order valence-electron chi connectivity index (χ2n) is 5.86. The van der Waals surface area contributed by atoms with Gasteiger partial charge in [-0.3, -0.25) is 0 Å². The van der Waals surface area contributed by atoms with Crippen LogP contribution in [0.4, 0.5) is 0 Å². The smallest absolute Gasteiger partial charge is 0.173 e. The minimum absolute atomic E-state index is 0.404. The fourth-order valence-electron chi connectivity index (χ4n) is 2.57. The maximum absolute atomic E-state index is 6.24. The lowest BCUT2D eigenvalue weighted by Gasteiger charge is -2.26. The van der Waals surface area contributed by atoms with Gasteiger partial charge in [0.1, 0.15) is 0 Å². The van der Waals surface area contributed by atoms with Crippen molar-refractivity contribution in [3.8, 4) is 23.0 Å². The summed E-state index contributed by atoms with van der Waals surface area (Å²) in [6.07, 6.45) is 0. The number of ether oxygens (including phenoxy) is 2. The average molecular weight is 268 g/mol. The van der Waals surface area contributed by atoms with E-state index in [1.54, 1.807) is 0 Å². The van der Waals surface area contributed by atoms with E-state index in [4.69, 9.17) is 9.47 Å². The average Bonchev–Trinajstić information content (AvgIpc) is 2.43. The first-order chi connectivity index (χ1) is 9.58. The highest BCUT2D eigenvalue weighted by Gasteiger charge is 2.25. The molecule has 1 aliphatic rings. The normalized spacial score (nSPS) is 12.7.